The van der Waals surface area contributed by atoms with Crippen LogP contribution in [0.5, 0.6) is 11.6 Å². The molecule has 96 valence electrons. The number of hydrogen-bond acceptors (Lipinski definition) is 3. The average molecular weight is 310 g/mol. The Morgan fingerprint density at radius 2 is 2.17 bits per heavy atom. The van der Waals surface area contributed by atoms with Crippen LogP contribution < -0.4 is 10.5 Å². The van der Waals surface area contributed by atoms with Gasteiger partial charge >= 0.3 is 0 Å². The monoisotopic (exact) mass is 309 g/mol. The zero-order chi connectivity index (χ0) is 13.3. The van der Waals surface area contributed by atoms with E-state index in [0.29, 0.717) is 11.6 Å². The van der Waals surface area contributed by atoms with Crippen molar-refractivity contribution in [3.05, 3.63) is 33.9 Å². The number of anilines is 1. The van der Waals surface area contributed by atoms with Gasteiger partial charge in [-0.15, -0.1) is 0 Å². The number of rotatable bonds is 3. The number of nitrogens with two attached hydrogens (primary N) is 1. The number of ether oxygens (including phenoxy) is 1. The quantitative estimate of drug-likeness (QED) is 0.945. The molecular weight excluding hydrogens is 294 g/mol. The third kappa shape index (κ3) is 2.36. The van der Waals surface area contributed by atoms with Crippen LogP contribution in [0.4, 0.5) is 5.69 Å². The fraction of sp³-hybridized carbons (Fsp3) is 0.308. The van der Waals surface area contributed by atoms with Crippen molar-refractivity contribution in [3.63, 3.8) is 0 Å². The summed E-state index contributed by atoms with van der Waals surface area (Å²) >= 11 is 3.43. The third-order valence-corrected chi connectivity index (χ3v) is 3.28. The molecule has 1 heterocycles. The largest absolute Gasteiger partial charge is 0.437 e. The normalized spacial score (nSPS) is 10.7. The zero-order valence-corrected chi connectivity index (χ0v) is 12.3. The topological polar surface area (TPSA) is 53.1 Å². The van der Waals surface area contributed by atoms with Crippen molar-refractivity contribution < 1.29 is 4.74 Å². The van der Waals surface area contributed by atoms with Crippen molar-refractivity contribution in [2.45, 2.75) is 20.3 Å². The molecular formula is C13H16BrN3O. The second kappa shape index (κ2) is 5.02. The maximum atomic E-state index is 6.02. The molecule has 5 heteroatoms. The van der Waals surface area contributed by atoms with Gasteiger partial charge in [0, 0.05) is 11.5 Å². The van der Waals surface area contributed by atoms with Gasteiger partial charge in [-0.1, -0.05) is 22.9 Å². The van der Waals surface area contributed by atoms with E-state index in [1.807, 2.05) is 39.1 Å². The van der Waals surface area contributed by atoms with Crippen molar-refractivity contribution in [1.82, 2.24) is 9.78 Å². The van der Waals surface area contributed by atoms with Crippen LogP contribution in [0.1, 0.15) is 18.2 Å². The summed E-state index contributed by atoms with van der Waals surface area (Å²) in [5.74, 6) is 1.38. The molecule has 0 spiro atoms. The van der Waals surface area contributed by atoms with Crippen LogP contribution in [0.3, 0.4) is 0 Å². The van der Waals surface area contributed by atoms with Gasteiger partial charge in [-0.2, -0.15) is 5.10 Å². The summed E-state index contributed by atoms with van der Waals surface area (Å²) in [5, 5.41) is 4.33. The smallest absolute Gasteiger partial charge is 0.241 e. The van der Waals surface area contributed by atoms with Crippen molar-refractivity contribution >= 4 is 21.6 Å². The first-order chi connectivity index (χ1) is 8.52. The Balaban J connectivity index is 2.37. The molecule has 0 aliphatic heterocycles. The Kier molecular flexibility index (Phi) is 3.61. The fourth-order valence-corrected chi connectivity index (χ4v) is 2.27. The first kappa shape index (κ1) is 13.0. The van der Waals surface area contributed by atoms with E-state index in [4.69, 9.17) is 10.5 Å². The Labute approximate surface area is 115 Å². The predicted molar refractivity (Wildman–Crippen MR) is 76.0 cm³/mol. The second-order valence-corrected chi connectivity index (χ2v) is 5.07. The Morgan fingerprint density at radius 3 is 2.72 bits per heavy atom. The lowest BCUT2D eigenvalue weighted by molar-refractivity contribution is 0.429. The van der Waals surface area contributed by atoms with Gasteiger partial charge in [-0.3, -0.25) is 0 Å². The van der Waals surface area contributed by atoms with Crippen LogP contribution in [0, 0.1) is 6.92 Å². The summed E-state index contributed by atoms with van der Waals surface area (Å²) in [5.41, 5.74) is 8.55. The highest BCUT2D eigenvalue weighted by atomic mass is 79.9. The van der Waals surface area contributed by atoms with Gasteiger partial charge in [-0.25, -0.2) is 4.68 Å². The van der Waals surface area contributed by atoms with Crippen LogP contribution in [-0.2, 0) is 13.5 Å². The number of benzene rings is 1. The number of nitrogens with zero attached hydrogens (tertiary/aromatic N) is 2. The number of halogens is 1. The Hall–Kier alpha value is -1.49. The number of aromatic nitrogens is 2. The lowest BCUT2D eigenvalue weighted by Crippen LogP contribution is -1.98. The third-order valence-electron chi connectivity index (χ3n) is 2.78. The molecule has 2 N–H and O–H groups in total. The molecule has 0 amide bonds. The summed E-state index contributed by atoms with van der Waals surface area (Å²) in [4.78, 5) is 0. The molecule has 2 aromatic rings. The highest BCUT2D eigenvalue weighted by Crippen LogP contribution is 2.32. The number of nitrogen functional groups attached to an aromatic ring is 1. The molecule has 0 aliphatic rings. The summed E-state index contributed by atoms with van der Waals surface area (Å²) in [6, 6.07) is 5.86. The summed E-state index contributed by atoms with van der Waals surface area (Å²) in [6.45, 7) is 4.01. The molecule has 0 atom stereocenters. The van der Waals surface area contributed by atoms with Crippen LogP contribution in [0.25, 0.3) is 0 Å². The predicted octanol–water partition coefficient (Wildman–Crippen LogP) is 3.43. The lowest BCUT2D eigenvalue weighted by atomic mass is 10.2. The standard InChI is InChI=1S/C13H16BrN3O/c1-4-10-12(15)13(17(3)16-10)18-11-6-5-9(14)7-8(11)2/h5-7H,4,15H2,1-3H3. The van der Waals surface area contributed by atoms with Crippen molar-refractivity contribution in [3.8, 4) is 11.6 Å². The first-order valence-corrected chi connectivity index (χ1v) is 6.57. The minimum Gasteiger partial charge on any atom is -0.437 e. The van der Waals surface area contributed by atoms with Gasteiger partial charge in [0.1, 0.15) is 11.4 Å². The summed E-state index contributed by atoms with van der Waals surface area (Å²) in [6.07, 6.45) is 0.794. The van der Waals surface area contributed by atoms with Crippen molar-refractivity contribution in [2.24, 2.45) is 7.05 Å². The second-order valence-electron chi connectivity index (χ2n) is 4.15. The first-order valence-electron chi connectivity index (χ1n) is 5.78. The zero-order valence-electron chi connectivity index (χ0n) is 10.7. The van der Waals surface area contributed by atoms with Crippen LogP contribution in [-0.4, -0.2) is 9.78 Å². The molecule has 1 aromatic heterocycles. The molecule has 1 aromatic carbocycles. The molecule has 0 radical (unpaired) electrons. The maximum Gasteiger partial charge on any atom is 0.241 e. The van der Waals surface area contributed by atoms with E-state index in [9.17, 15) is 0 Å². The van der Waals surface area contributed by atoms with Gasteiger partial charge in [0.05, 0.1) is 5.69 Å². The molecule has 18 heavy (non-hydrogen) atoms. The van der Waals surface area contributed by atoms with Gasteiger partial charge in [0.25, 0.3) is 0 Å². The highest BCUT2D eigenvalue weighted by Gasteiger charge is 2.14. The highest BCUT2D eigenvalue weighted by molar-refractivity contribution is 9.10. The van der Waals surface area contributed by atoms with Crippen molar-refractivity contribution in [1.29, 1.82) is 0 Å². The lowest BCUT2D eigenvalue weighted by Gasteiger charge is -2.09. The minimum absolute atomic E-state index is 0.595. The number of aryl methyl sites for hydroxylation is 3. The van der Waals surface area contributed by atoms with E-state index in [0.717, 1.165) is 27.9 Å². The van der Waals surface area contributed by atoms with E-state index in [1.54, 1.807) is 4.68 Å². The van der Waals surface area contributed by atoms with Crippen LogP contribution in [0.15, 0.2) is 22.7 Å². The Morgan fingerprint density at radius 1 is 1.44 bits per heavy atom. The summed E-state index contributed by atoms with van der Waals surface area (Å²) < 4.78 is 8.57. The molecule has 0 saturated heterocycles. The van der Waals surface area contributed by atoms with Crippen LogP contribution >= 0.6 is 15.9 Å². The van der Waals surface area contributed by atoms with E-state index < -0.39 is 0 Å². The molecule has 0 bridgehead atoms. The minimum atomic E-state index is 0.595. The SMILES string of the molecule is CCc1nn(C)c(Oc2ccc(Br)cc2C)c1N. The van der Waals surface area contributed by atoms with Crippen LogP contribution in [0.2, 0.25) is 0 Å². The van der Waals surface area contributed by atoms with E-state index >= 15 is 0 Å². The van der Waals surface area contributed by atoms with E-state index in [2.05, 4.69) is 21.0 Å². The average Bonchev–Trinajstić information content (AvgIpc) is 2.59. The molecule has 4 nitrogen and oxygen atoms in total. The molecule has 0 unspecified atom stereocenters. The Bertz CT molecular complexity index is 578. The van der Waals surface area contributed by atoms with Gasteiger partial charge < -0.3 is 10.5 Å². The van der Waals surface area contributed by atoms with E-state index in [-0.39, 0.29) is 0 Å². The molecule has 0 fully saturated rings. The van der Waals surface area contributed by atoms with Gasteiger partial charge in [0.2, 0.25) is 5.88 Å². The fourth-order valence-electron chi connectivity index (χ4n) is 1.79. The van der Waals surface area contributed by atoms with Crippen molar-refractivity contribution in [2.75, 3.05) is 5.73 Å². The van der Waals surface area contributed by atoms with E-state index in [1.165, 1.54) is 0 Å². The maximum absolute atomic E-state index is 6.02. The molecule has 2 rings (SSSR count). The number of hydrogen-bond donors (Lipinski definition) is 1. The molecule has 0 aliphatic carbocycles. The van der Waals surface area contributed by atoms with Gasteiger partial charge in [-0.05, 0) is 37.1 Å². The molecule has 0 saturated carbocycles. The van der Waals surface area contributed by atoms with Gasteiger partial charge in [0.15, 0.2) is 0 Å². The summed E-state index contributed by atoms with van der Waals surface area (Å²) in [7, 11) is 1.83.